The Bertz CT molecular complexity index is 851. The molecule has 0 aliphatic carbocycles. The van der Waals surface area contributed by atoms with Gasteiger partial charge in [-0.3, -0.25) is 4.79 Å². The summed E-state index contributed by atoms with van der Waals surface area (Å²) < 4.78 is 26.9. The van der Waals surface area contributed by atoms with Gasteiger partial charge < -0.3 is 9.80 Å². The van der Waals surface area contributed by atoms with Crippen LogP contribution in [0, 0.1) is 11.7 Å². The van der Waals surface area contributed by atoms with Gasteiger partial charge in [0, 0.05) is 24.6 Å². The van der Waals surface area contributed by atoms with Gasteiger partial charge in [-0.05, 0) is 47.0 Å². The summed E-state index contributed by atoms with van der Waals surface area (Å²) in [5.41, 5.74) is 2.40. The number of piperidine rings is 1. The van der Waals surface area contributed by atoms with Crippen molar-refractivity contribution in [3.8, 4) is 11.3 Å². The Hall–Kier alpha value is -2.09. The number of carbonyl (C=O) groups is 1. The zero-order valence-corrected chi connectivity index (χ0v) is 16.2. The van der Waals surface area contributed by atoms with Crippen molar-refractivity contribution in [2.75, 3.05) is 31.1 Å². The molecule has 4 rings (SSSR count). The van der Waals surface area contributed by atoms with Crippen LogP contribution < -0.4 is 4.90 Å². The van der Waals surface area contributed by atoms with Crippen LogP contribution in [0.5, 0.6) is 0 Å². The molecule has 1 amide bonds. The molecule has 8 heteroatoms. The summed E-state index contributed by atoms with van der Waals surface area (Å²) in [6.45, 7) is 1.86. The molecule has 2 aliphatic rings. The fourth-order valence-electron chi connectivity index (χ4n) is 3.65. The van der Waals surface area contributed by atoms with Crippen molar-refractivity contribution < 1.29 is 13.6 Å². The highest BCUT2D eigenvalue weighted by Gasteiger charge is 2.36. The molecule has 2 aliphatic heterocycles. The lowest BCUT2D eigenvalue weighted by Gasteiger charge is -2.40. The first kappa shape index (κ1) is 18.3. The second-order valence-corrected chi connectivity index (χ2v) is 7.84. The van der Waals surface area contributed by atoms with E-state index < -0.39 is 6.17 Å². The van der Waals surface area contributed by atoms with Crippen LogP contribution in [0.1, 0.15) is 12.8 Å². The van der Waals surface area contributed by atoms with E-state index in [1.165, 1.54) is 12.4 Å². The number of hydrogen-bond acceptors (Lipinski definition) is 4. The van der Waals surface area contributed by atoms with Crippen molar-refractivity contribution >= 4 is 27.5 Å². The zero-order valence-electron chi connectivity index (χ0n) is 14.6. The lowest BCUT2D eigenvalue weighted by Crippen LogP contribution is -2.54. The molecule has 0 bridgehead atoms. The van der Waals surface area contributed by atoms with Crippen LogP contribution in [-0.4, -0.2) is 53.1 Å². The van der Waals surface area contributed by atoms with Gasteiger partial charge in [-0.2, -0.15) is 0 Å². The second kappa shape index (κ2) is 7.50. The first-order valence-electron chi connectivity index (χ1n) is 8.96. The van der Waals surface area contributed by atoms with E-state index in [1.807, 2.05) is 0 Å². The Morgan fingerprint density at radius 2 is 1.96 bits per heavy atom. The lowest BCUT2D eigenvalue weighted by atomic mass is 9.93. The minimum absolute atomic E-state index is 0.0539. The van der Waals surface area contributed by atoms with Gasteiger partial charge in [0.2, 0.25) is 5.91 Å². The smallest absolute Gasteiger partial charge is 0.226 e. The molecule has 2 fully saturated rings. The number of likely N-dealkylation sites (tertiary alicyclic amines) is 1. The molecular weight excluding hydrogens is 418 g/mol. The summed E-state index contributed by atoms with van der Waals surface area (Å²) in [7, 11) is 0. The Kier molecular flexibility index (Phi) is 5.08. The molecule has 5 nitrogen and oxygen atoms in total. The molecule has 2 aromatic rings. The number of alkyl halides is 1. The topological polar surface area (TPSA) is 49.3 Å². The highest BCUT2D eigenvalue weighted by molar-refractivity contribution is 9.10. The fraction of sp³-hybridized carbons (Fsp3) is 0.421. The first-order valence-corrected chi connectivity index (χ1v) is 9.75. The predicted molar refractivity (Wildman–Crippen MR) is 102 cm³/mol. The number of amides is 1. The summed E-state index contributed by atoms with van der Waals surface area (Å²) in [5.74, 6) is -0.312. The SMILES string of the molecule is O=C(C1CCN(c2cncnc2-c2ccc(F)c(Br)c2)CC1)N1CC(F)C1. The molecule has 0 atom stereocenters. The van der Waals surface area contributed by atoms with Crippen LogP contribution in [0.2, 0.25) is 0 Å². The standard InChI is InChI=1S/C19H19BrF2N4O/c20-15-7-13(1-2-16(15)22)18-17(8-23-11-24-18)25-5-3-12(4-6-25)19(27)26-9-14(21)10-26/h1-2,7-8,11-12,14H,3-6,9-10H2. The van der Waals surface area contributed by atoms with Crippen molar-refractivity contribution in [1.82, 2.24) is 14.9 Å². The maximum Gasteiger partial charge on any atom is 0.226 e. The van der Waals surface area contributed by atoms with Gasteiger partial charge in [-0.1, -0.05) is 0 Å². The minimum atomic E-state index is -0.868. The zero-order chi connectivity index (χ0) is 19.0. The summed E-state index contributed by atoms with van der Waals surface area (Å²) in [6, 6.07) is 4.80. The van der Waals surface area contributed by atoms with Crippen LogP contribution in [0.4, 0.5) is 14.5 Å². The van der Waals surface area contributed by atoms with Gasteiger partial charge in [0.05, 0.1) is 35.1 Å². The van der Waals surface area contributed by atoms with Gasteiger partial charge in [0.1, 0.15) is 18.3 Å². The van der Waals surface area contributed by atoms with E-state index in [9.17, 15) is 13.6 Å². The highest BCUT2D eigenvalue weighted by atomic mass is 79.9. The van der Waals surface area contributed by atoms with Gasteiger partial charge in [-0.25, -0.2) is 18.7 Å². The molecule has 0 N–H and O–H groups in total. The van der Waals surface area contributed by atoms with Crippen LogP contribution in [0.3, 0.4) is 0 Å². The third-order valence-corrected chi connectivity index (χ3v) is 5.83. The quantitative estimate of drug-likeness (QED) is 0.739. The van der Waals surface area contributed by atoms with Crippen molar-refractivity contribution in [2.45, 2.75) is 19.0 Å². The predicted octanol–water partition coefficient (Wildman–Crippen LogP) is 3.44. The molecule has 142 valence electrons. The van der Waals surface area contributed by atoms with E-state index in [1.54, 1.807) is 23.2 Å². The molecule has 1 aromatic carbocycles. The number of hydrogen-bond donors (Lipinski definition) is 0. The van der Waals surface area contributed by atoms with E-state index >= 15 is 0 Å². The molecule has 0 spiro atoms. The molecule has 3 heterocycles. The monoisotopic (exact) mass is 436 g/mol. The number of nitrogens with zero attached hydrogens (tertiary/aromatic N) is 4. The summed E-state index contributed by atoms with van der Waals surface area (Å²) >= 11 is 3.22. The van der Waals surface area contributed by atoms with Crippen LogP contribution >= 0.6 is 15.9 Å². The Labute approximate surface area is 164 Å². The average Bonchev–Trinajstić information content (AvgIpc) is 2.67. The van der Waals surface area contributed by atoms with Gasteiger partial charge in [-0.15, -0.1) is 0 Å². The van der Waals surface area contributed by atoms with Crippen LogP contribution in [0.15, 0.2) is 35.2 Å². The third kappa shape index (κ3) is 3.67. The van der Waals surface area contributed by atoms with Gasteiger partial charge >= 0.3 is 0 Å². The molecule has 1 aromatic heterocycles. The largest absolute Gasteiger partial charge is 0.368 e. The summed E-state index contributed by atoms with van der Waals surface area (Å²) in [4.78, 5) is 24.7. The van der Waals surface area contributed by atoms with E-state index in [0.29, 0.717) is 30.4 Å². The summed E-state index contributed by atoms with van der Waals surface area (Å²) in [6.07, 6.45) is 3.80. The molecule has 0 radical (unpaired) electrons. The third-order valence-electron chi connectivity index (χ3n) is 5.22. The van der Waals surface area contributed by atoms with E-state index in [2.05, 4.69) is 30.8 Å². The van der Waals surface area contributed by atoms with Crippen LogP contribution in [-0.2, 0) is 4.79 Å². The molecule has 0 unspecified atom stereocenters. The van der Waals surface area contributed by atoms with Crippen molar-refractivity contribution in [1.29, 1.82) is 0 Å². The molecule has 2 saturated heterocycles. The number of halogens is 3. The highest BCUT2D eigenvalue weighted by Crippen LogP contribution is 2.33. The number of aromatic nitrogens is 2. The lowest BCUT2D eigenvalue weighted by molar-refractivity contribution is -0.143. The number of benzene rings is 1. The molecule has 27 heavy (non-hydrogen) atoms. The van der Waals surface area contributed by atoms with Gasteiger partial charge in [0.25, 0.3) is 0 Å². The number of carbonyl (C=O) groups excluding carboxylic acids is 1. The Morgan fingerprint density at radius 1 is 1.22 bits per heavy atom. The van der Waals surface area contributed by atoms with E-state index in [0.717, 1.165) is 16.9 Å². The second-order valence-electron chi connectivity index (χ2n) is 6.99. The van der Waals surface area contributed by atoms with E-state index in [-0.39, 0.29) is 30.7 Å². The van der Waals surface area contributed by atoms with Crippen molar-refractivity contribution in [3.05, 3.63) is 41.0 Å². The molecule has 0 saturated carbocycles. The van der Waals surface area contributed by atoms with Crippen molar-refractivity contribution in [2.24, 2.45) is 5.92 Å². The fourth-order valence-corrected chi connectivity index (χ4v) is 4.03. The van der Waals surface area contributed by atoms with E-state index in [4.69, 9.17) is 0 Å². The summed E-state index contributed by atoms with van der Waals surface area (Å²) in [5, 5.41) is 0. The van der Waals surface area contributed by atoms with Crippen molar-refractivity contribution in [3.63, 3.8) is 0 Å². The van der Waals surface area contributed by atoms with Gasteiger partial charge in [0.15, 0.2) is 0 Å². The van der Waals surface area contributed by atoms with Crippen LogP contribution in [0.25, 0.3) is 11.3 Å². The normalized spacial score (nSPS) is 18.5. The Morgan fingerprint density at radius 3 is 2.63 bits per heavy atom. The minimum Gasteiger partial charge on any atom is -0.368 e. The number of rotatable bonds is 3. The maximum absolute atomic E-state index is 13.6. The Balaban J connectivity index is 1.49. The average molecular weight is 437 g/mol. The maximum atomic E-state index is 13.6. The first-order chi connectivity index (χ1) is 13.0. The molecular formula is C19H19BrF2N4O. The number of anilines is 1.